The predicted octanol–water partition coefficient (Wildman–Crippen LogP) is 3.12. The van der Waals surface area contributed by atoms with Crippen LogP contribution >= 0.6 is 11.8 Å². The third kappa shape index (κ3) is 4.41. The normalized spacial score (nSPS) is 18.2. The SMILES string of the molecule is CCOc1cccc(C(CC2CCSCC2)NN)c1. The molecular formula is C15H24N2OS. The fourth-order valence-electron chi connectivity index (χ4n) is 2.60. The number of hydrazine groups is 1. The molecule has 0 aliphatic carbocycles. The van der Waals surface area contributed by atoms with Crippen LogP contribution in [0.2, 0.25) is 0 Å². The Morgan fingerprint density at radius 1 is 1.42 bits per heavy atom. The van der Waals surface area contributed by atoms with Crippen LogP contribution in [0, 0.1) is 5.92 Å². The zero-order valence-electron chi connectivity index (χ0n) is 11.6. The fourth-order valence-corrected chi connectivity index (χ4v) is 3.81. The van der Waals surface area contributed by atoms with Gasteiger partial charge in [0.25, 0.3) is 0 Å². The van der Waals surface area contributed by atoms with Gasteiger partial charge in [-0.25, -0.2) is 0 Å². The molecule has 0 radical (unpaired) electrons. The lowest BCUT2D eigenvalue weighted by molar-refractivity contribution is 0.337. The third-order valence-corrected chi connectivity index (χ3v) is 4.73. The third-order valence-electron chi connectivity index (χ3n) is 3.68. The van der Waals surface area contributed by atoms with E-state index in [1.165, 1.54) is 29.9 Å². The van der Waals surface area contributed by atoms with Gasteiger partial charge in [0.15, 0.2) is 0 Å². The summed E-state index contributed by atoms with van der Waals surface area (Å²) in [5.41, 5.74) is 4.20. The first-order valence-electron chi connectivity index (χ1n) is 7.10. The van der Waals surface area contributed by atoms with Crippen LogP contribution in [-0.2, 0) is 0 Å². The van der Waals surface area contributed by atoms with E-state index in [-0.39, 0.29) is 6.04 Å². The maximum Gasteiger partial charge on any atom is 0.119 e. The topological polar surface area (TPSA) is 47.3 Å². The van der Waals surface area contributed by atoms with E-state index in [0.717, 1.165) is 18.1 Å². The van der Waals surface area contributed by atoms with Crippen LogP contribution in [-0.4, -0.2) is 18.1 Å². The first-order chi connectivity index (χ1) is 9.33. The van der Waals surface area contributed by atoms with Crippen molar-refractivity contribution < 1.29 is 4.74 Å². The molecule has 0 aromatic heterocycles. The lowest BCUT2D eigenvalue weighted by Crippen LogP contribution is -2.30. The summed E-state index contributed by atoms with van der Waals surface area (Å²) in [6.45, 7) is 2.70. The summed E-state index contributed by atoms with van der Waals surface area (Å²) in [6, 6.07) is 8.50. The average molecular weight is 280 g/mol. The maximum atomic E-state index is 5.75. The van der Waals surface area contributed by atoms with Crippen molar-refractivity contribution >= 4 is 11.8 Å². The van der Waals surface area contributed by atoms with E-state index < -0.39 is 0 Å². The Morgan fingerprint density at radius 3 is 2.89 bits per heavy atom. The minimum absolute atomic E-state index is 0.230. The molecule has 4 heteroatoms. The Hall–Kier alpha value is -0.710. The second-order valence-corrected chi connectivity index (χ2v) is 6.24. The summed E-state index contributed by atoms with van der Waals surface area (Å²) in [4.78, 5) is 0. The van der Waals surface area contributed by atoms with Crippen LogP contribution in [0.3, 0.4) is 0 Å². The molecule has 1 heterocycles. The van der Waals surface area contributed by atoms with Gasteiger partial charge in [-0.3, -0.25) is 11.3 Å². The molecule has 3 nitrogen and oxygen atoms in total. The fraction of sp³-hybridized carbons (Fsp3) is 0.600. The van der Waals surface area contributed by atoms with Gasteiger partial charge in [-0.05, 0) is 61.3 Å². The van der Waals surface area contributed by atoms with E-state index in [1.807, 2.05) is 19.1 Å². The van der Waals surface area contributed by atoms with Crippen LogP contribution in [0.25, 0.3) is 0 Å². The molecule has 0 bridgehead atoms. The highest BCUT2D eigenvalue weighted by Gasteiger charge is 2.19. The smallest absolute Gasteiger partial charge is 0.119 e. The van der Waals surface area contributed by atoms with Crippen molar-refractivity contribution in [2.24, 2.45) is 11.8 Å². The van der Waals surface area contributed by atoms with Gasteiger partial charge in [0.05, 0.1) is 6.61 Å². The second-order valence-electron chi connectivity index (χ2n) is 5.02. The van der Waals surface area contributed by atoms with Gasteiger partial charge in [0.1, 0.15) is 5.75 Å². The van der Waals surface area contributed by atoms with Crippen molar-refractivity contribution in [2.75, 3.05) is 18.1 Å². The van der Waals surface area contributed by atoms with Crippen molar-refractivity contribution in [1.29, 1.82) is 0 Å². The highest BCUT2D eigenvalue weighted by molar-refractivity contribution is 7.99. The number of rotatable bonds is 6. The van der Waals surface area contributed by atoms with E-state index in [0.29, 0.717) is 6.61 Å². The summed E-state index contributed by atoms with van der Waals surface area (Å²) in [5, 5.41) is 0. The van der Waals surface area contributed by atoms with E-state index in [4.69, 9.17) is 10.6 Å². The van der Waals surface area contributed by atoms with Gasteiger partial charge < -0.3 is 4.74 Å². The molecule has 0 spiro atoms. The highest BCUT2D eigenvalue weighted by atomic mass is 32.2. The number of hydrogen-bond donors (Lipinski definition) is 2. The van der Waals surface area contributed by atoms with Crippen molar-refractivity contribution in [3.8, 4) is 5.75 Å². The first-order valence-corrected chi connectivity index (χ1v) is 8.25. The number of ether oxygens (including phenoxy) is 1. The van der Waals surface area contributed by atoms with Crippen molar-refractivity contribution in [3.63, 3.8) is 0 Å². The molecule has 2 rings (SSSR count). The molecular weight excluding hydrogens is 256 g/mol. The van der Waals surface area contributed by atoms with Crippen molar-refractivity contribution in [3.05, 3.63) is 29.8 Å². The summed E-state index contributed by atoms with van der Waals surface area (Å²) in [7, 11) is 0. The van der Waals surface area contributed by atoms with E-state index in [2.05, 4.69) is 29.3 Å². The number of benzene rings is 1. The summed E-state index contributed by atoms with van der Waals surface area (Å²) < 4.78 is 5.56. The Balaban J connectivity index is 2.01. The van der Waals surface area contributed by atoms with Gasteiger partial charge in [-0.2, -0.15) is 11.8 Å². The molecule has 1 atom stereocenters. The molecule has 1 unspecified atom stereocenters. The summed E-state index contributed by atoms with van der Waals surface area (Å²) in [5.74, 6) is 10.1. The molecule has 0 amide bonds. The monoisotopic (exact) mass is 280 g/mol. The standard InChI is InChI=1S/C15H24N2OS/c1-2-18-14-5-3-4-13(11-14)15(17-16)10-12-6-8-19-9-7-12/h3-5,11-12,15,17H,2,6-10,16H2,1H3. The Bertz CT molecular complexity index is 380. The van der Waals surface area contributed by atoms with Crippen molar-refractivity contribution in [1.82, 2.24) is 5.43 Å². The quantitative estimate of drug-likeness (QED) is 0.621. The predicted molar refractivity (Wildman–Crippen MR) is 82.3 cm³/mol. The van der Waals surface area contributed by atoms with E-state index in [9.17, 15) is 0 Å². The molecule has 106 valence electrons. The van der Waals surface area contributed by atoms with Gasteiger partial charge >= 0.3 is 0 Å². The summed E-state index contributed by atoms with van der Waals surface area (Å²) >= 11 is 2.07. The van der Waals surface area contributed by atoms with E-state index in [1.54, 1.807) is 0 Å². The maximum absolute atomic E-state index is 5.75. The zero-order valence-corrected chi connectivity index (χ0v) is 12.4. The molecule has 3 N–H and O–H groups in total. The minimum atomic E-state index is 0.230. The molecule has 0 saturated carbocycles. The first kappa shape index (κ1) is 14.7. The van der Waals surface area contributed by atoms with Gasteiger partial charge in [0, 0.05) is 6.04 Å². The average Bonchev–Trinajstić information content (AvgIpc) is 2.46. The number of thioether (sulfide) groups is 1. The zero-order chi connectivity index (χ0) is 13.5. The van der Waals surface area contributed by atoms with Gasteiger partial charge in [0.2, 0.25) is 0 Å². The molecule has 1 aromatic rings. The Labute approximate surface area is 120 Å². The summed E-state index contributed by atoms with van der Waals surface area (Å²) in [6.07, 6.45) is 3.74. The Morgan fingerprint density at radius 2 is 2.21 bits per heavy atom. The van der Waals surface area contributed by atoms with E-state index >= 15 is 0 Å². The lowest BCUT2D eigenvalue weighted by Gasteiger charge is -2.26. The second kappa shape index (κ2) is 7.78. The van der Waals surface area contributed by atoms with Gasteiger partial charge in [-0.1, -0.05) is 12.1 Å². The molecule has 1 aliphatic heterocycles. The molecule has 1 fully saturated rings. The molecule has 1 saturated heterocycles. The lowest BCUT2D eigenvalue weighted by atomic mass is 9.91. The van der Waals surface area contributed by atoms with Crippen molar-refractivity contribution in [2.45, 2.75) is 32.2 Å². The highest BCUT2D eigenvalue weighted by Crippen LogP contribution is 2.31. The number of hydrogen-bond acceptors (Lipinski definition) is 4. The van der Waals surface area contributed by atoms with Crippen LogP contribution in [0.15, 0.2) is 24.3 Å². The van der Waals surface area contributed by atoms with Crippen LogP contribution in [0.4, 0.5) is 0 Å². The van der Waals surface area contributed by atoms with Crippen LogP contribution < -0.4 is 16.0 Å². The minimum Gasteiger partial charge on any atom is -0.494 e. The molecule has 1 aromatic carbocycles. The van der Waals surface area contributed by atoms with Crippen LogP contribution in [0.1, 0.15) is 37.8 Å². The van der Waals surface area contributed by atoms with Crippen LogP contribution in [0.5, 0.6) is 5.75 Å². The largest absolute Gasteiger partial charge is 0.494 e. The molecule has 1 aliphatic rings. The van der Waals surface area contributed by atoms with Gasteiger partial charge in [-0.15, -0.1) is 0 Å². The Kier molecular flexibility index (Phi) is 6.01. The number of nitrogens with one attached hydrogen (secondary N) is 1. The number of nitrogens with two attached hydrogens (primary N) is 1. The molecule has 19 heavy (non-hydrogen) atoms.